The average Bonchev–Trinajstić information content (AvgIpc) is 2.71. The third kappa shape index (κ3) is 6.89. The molecule has 0 spiro atoms. The second-order valence-corrected chi connectivity index (χ2v) is 7.85. The van der Waals surface area contributed by atoms with Gasteiger partial charge in [0.1, 0.15) is 17.6 Å². The van der Waals surface area contributed by atoms with E-state index in [1.165, 1.54) is 23.1 Å². The van der Waals surface area contributed by atoms with Crippen molar-refractivity contribution in [1.82, 2.24) is 10.2 Å². The van der Waals surface area contributed by atoms with Crippen molar-refractivity contribution in [2.24, 2.45) is 0 Å². The summed E-state index contributed by atoms with van der Waals surface area (Å²) >= 11 is 12.0. The van der Waals surface area contributed by atoms with Crippen LogP contribution in [0.3, 0.4) is 0 Å². The van der Waals surface area contributed by atoms with E-state index in [1.807, 2.05) is 13.8 Å². The van der Waals surface area contributed by atoms with Gasteiger partial charge >= 0.3 is 0 Å². The van der Waals surface area contributed by atoms with Crippen molar-refractivity contribution < 1.29 is 18.7 Å². The van der Waals surface area contributed by atoms with Crippen molar-refractivity contribution in [2.45, 2.75) is 45.8 Å². The second-order valence-electron chi connectivity index (χ2n) is 7.01. The van der Waals surface area contributed by atoms with E-state index in [0.717, 1.165) is 6.42 Å². The van der Waals surface area contributed by atoms with Gasteiger partial charge in [0.05, 0.1) is 5.02 Å². The number of carbonyl (C=O) groups is 2. The predicted octanol–water partition coefficient (Wildman–Crippen LogP) is 4.84. The highest BCUT2D eigenvalue weighted by Crippen LogP contribution is 2.27. The Labute approximate surface area is 186 Å². The van der Waals surface area contributed by atoms with Crippen LogP contribution in [0.1, 0.15) is 32.8 Å². The van der Waals surface area contributed by atoms with E-state index in [-0.39, 0.29) is 35.9 Å². The standard InChI is InChI=1S/C22H25Cl2FN2O3/c1-4-14(2)26-22(29)15(3)27(12-16-5-8-18(25)9-6-16)21(28)13-30-20-10-7-17(23)11-19(20)24/h5-11,14-15H,4,12-13H2,1-3H3,(H,26,29)/t14-,15-/m1/s1. The largest absolute Gasteiger partial charge is 0.482 e. The van der Waals surface area contributed by atoms with Gasteiger partial charge in [0.25, 0.3) is 5.91 Å². The lowest BCUT2D eigenvalue weighted by Gasteiger charge is -2.29. The summed E-state index contributed by atoms with van der Waals surface area (Å²) in [5.41, 5.74) is 0.692. The maximum atomic E-state index is 13.2. The number of halogens is 3. The van der Waals surface area contributed by atoms with Crippen molar-refractivity contribution >= 4 is 35.0 Å². The Bertz CT molecular complexity index is 877. The molecule has 0 aliphatic heterocycles. The first-order valence-electron chi connectivity index (χ1n) is 9.63. The molecule has 2 amide bonds. The zero-order valence-corrected chi connectivity index (χ0v) is 18.6. The molecule has 30 heavy (non-hydrogen) atoms. The van der Waals surface area contributed by atoms with Crippen molar-refractivity contribution in [3.8, 4) is 5.75 Å². The molecule has 2 aromatic rings. The van der Waals surface area contributed by atoms with Gasteiger partial charge in [-0.05, 0) is 56.2 Å². The molecule has 0 fully saturated rings. The van der Waals surface area contributed by atoms with Gasteiger partial charge in [-0.3, -0.25) is 9.59 Å². The summed E-state index contributed by atoms with van der Waals surface area (Å²) in [6.45, 7) is 5.31. The zero-order chi connectivity index (χ0) is 22.3. The minimum absolute atomic E-state index is 0.0214. The minimum Gasteiger partial charge on any atom is -0.482 e. The van der Waals surface area contributed by atoms with E-state index >= 15 is 0 Å². The van der Waals surface area contributed by atoms with Gasteiger partial charge < -0.3 is 15.0 Å². The van der Waals surface area contributed by atoms with E-state index in [1.54, 1.807) is 31.2 Å². The molecule has 0 aliphatic carbocycles. The molecule has 0 bridgehead atoms. The average molecular weight is 455 g/mol. The molecular formula is C22H25Cl2FN2O3. The van der Waals surface area contributed by atoms with Gasteiger partial charge in [0, 0.05) is 17.6 Å². The first kappa shape index (κ1) is 24.0. The van der Waals surface area contributed by atoms with Crippen LogP contribution in [-0.2, 0) is 16.1 Å². The first-order valence-corrected chi connectivity index (χ1v) is 10.4. The van der Waals surface area contributed by atoms with E-state index in [9.17, 15) is 14.0 Å². The smallest absolute Gasteiger partial charge is 0.261 e. The quantitative estimate of drug-likeness (QED) is 0.589. The molecule has 1 N–H and O–H groups in total. The fourth-order valence-electron chi connectivity index (χ4n) is 2.65. The molecule has 0 aromatic heterocycles. The Morgan fingerprint density at radius 3 is 2.40 bits per heavy atom. The maximum Gasteiger partial charge on any atom is 0.261 e. The van der Waals surface area contributed by atoms with Gasteiger partial charge in [-0.15, -0.1) is 0 Å². The van der Waals surface area contributed by atoms with Gasteiger partial charge in [-0.25, -0.2) is 4.39 Å². The highest BCUT2D eigenvalue weighted by Gasteiger charge is 2.27. The summed E-state index contributed by atoms with van der Waals surface area (Å²) in [5, 5.41) is 3.61. The van der Waals surface area contributed by atoms with Crippen LogP contribution in [0.15, 0.2) is 42.5 Å². The van der Waals surface area contributed by atoms with Crippen molar-refractivity contribution in [1.29, 1.82) is 0 Å². The number of benzene rings is 2. The summed E-state index contributed by atoms with van der Waals surface area (Å²) in [6, 6.07) is 9.69. The van der Waals surface area contributed by atoms with Crippen LogP contribution < -0.4 is 10.1 Å². The van der Waals surface area contributed by atoms with Gasteiger partial charge in [0.15, 0.2) is 6.61 Å². The molecule has 5 nitrogen and oxygen atoms in total. The third-order valence-corrected chi connectivity index (χ3v) is 5.21. The highest BCUT2D eigenvalue weighted by atomic mass is 35.5. The Morgan fingerprint density at radius 2 is 1.80 bits per heavy atom. The molecular weight excluding hydrogens is 430 g/mol. The first-order chi connectivity index (χ1) is 14.2. The fourth-order valence-corrected chi connectivity index (χ4v) is 3.11. The highest BCUT2D eigenvalue weighted by molar-refractivity contribution is 6.35. The lowest BCUT2D eigenvalue weighted by atomic mass is 10.1. The minimum atomic E-state index is -0.749. The van der Waals surface area contributed by atoms with E-state index in [0.29, 0.717) is 16.3 Å². The number of amides is 2. The van der Waals surface area contributed by atoms with Crippen LogP contribution in [0.2, 0.25) is 10.0 Å². The van der Waals surface area contributed by atoms with E-state index < -0.39 is 11.9 Å². The van der Waals surface area contributed by atoms with Crippen molar-refractivity contribution in [3.63, 3.8) is 0 Å². The summed E-state index contributed by atoms with van der Waals surface area (Å²) in [7, 11) is 0. The summed E-state index contributed by atoms with van der Waals surface area (Å²) < 4.78 is 18.8. The van der Waals surface area contributed by atoms with E-state index in [2.05, 4.69) is 5.32 Å². The number of nitrogens with one attached hydrogen (secondary N) is 1. The van der Waals surface area contributed by atoms with Gasteiger partial charge in [0.2, 0.25) is 5.91 Å². The summed E-state index contributed by atoms with van der Waals surface area (Å²) in [4.78, 5) is 27.0. The summed E-state index contributed by atoms with van der Waals surface area (Å²) in [6.07, 6.45) is 0.766. The Hall–Kier alpha value is -2.31. The Morgan fingerprint density at radius 1 is 1.13 bits per heavy atom. The lowest BCUT2D eigenvalue weighted by molar-refractivity contribution is -0.142. The third-order valence-electron chi connectivity index (χ3n) is 4.68. The molecule has 2 aromatic carbocycles. The molecule has 0 aliphatic rings. The topological polar surface area (TPSA) is 58.6 Å². The number of nitrogens with zero attached hydrogens (tertiary/aromatic N) is 1. The molecule has 0 radical (unpaired) electrons. The Balaban J connectivity index is 2.16. The predicted molar refractivity (Wildman–Crippen MR) is 116 cm³/mol. The number of hydrogen-bond acceptors (Lipinski definition) is 3. The zero-order valence-electron chi connectivity index (χ0n) is 17.1. The molecule has 162 valence electrons. The number of hydrogen-bond donors (Lipinski definition) is 1. The molecule has 8 heteroatoms. The van der Waals surface area contributed by atoms with Crippen molar-refractivity contribution in [2.75, 3.05) is 6.61 Å². The monoisotopic (exact) mass is 454 g/mol. The number of rotatable bonds is 9. The fraction of sp³-hybridized carbons (Fsp3) is 0.364. The van der Waals surface area contributed by atoms with Gasteiger partial charge in [-0.1, -0.05) is 42.3 Å². The van der Waals surface area contributed by atoms with E-state index in [4.69, 9.17) is 27.9 Å². The van der Waals surface area contributed by atoms with Crippen LogP contribution in [-0.4, -0.2) is 35.4 Å². The molecule has 0 saturated carbocycles. The van der Waals surface area contributed by atoms with Gasteiger partial charge in [-0.2, -0.15) is 0 Å². The van der Waals surface area contributed by atoms with Crippen molar-refractivity contribution in [3.05, 3.63) is 63.9 Å². The van der Waals surface area contributed by atoms with Crippen LogP contribution in [0.25, 0.3) is 0 Å². The molecule has 2 atom stereocenters. The van der Waals surface area contributed by atoms with Crippen LogP contribution in [0.5, 0.6) is 5.75 Å². The van der Waals surface area contributed by atoms with Crippen LogP contribution in [0.4, 0.5) is 4.39 Å². The molecule has 0 heterocycles. The number of ether oxygens (including phenoxy) is 1. The molecule has 0 unspecified atom stereocenters. The summed E-state index contributed by atoms with van der Waals surface area (Å²) in [5.74, 6) is -0.741. The SMILES string of the molecule is CC[C@@H](C)NC(=O)[C@@H](C)N(Cc1ccc(F)cc1)C(=O)COc1ccc(Cl)cc1Cl. The molecule has 0 saturated heterocycles. The second kappa shape index (κ2) is 11.2. The normalized spacial score (nSPS) is 12.7. The molecule has 2 rings (SSSR count). The Kier molecular flexibility index (Phi) is 8.93. The van der Waals surface area contributed by atoms with Crippen LogP contribution in [0, 0.1) is 5.82 Å². The lowest BCUT2D eigenvalue weighted by Crippen LogP contribution is -2.50. The van der Waals surface area contributed by atoms with Crippen LogP contribution >= 0.6 is 23.2 Å². The number of carbonyl (C=O) groups excluding carboxylic acids is 2. The maximum absolute atomic E-state index is 13.2.